The van der Waals surface area contributed by atoms with Gasteiger partial charge in [-0.25, -0.2) is 0 Å². The van der Waals surface area contributed by atoms with Crippen LogP contribution in [0, 0.1) is 0 Å². The van der Waals surface area contributed by atoms with Crippen LogP contribution in [0.4, 0.5) is 0 Å². The van der Waals surface area contributed by atoms with Gasteiger partial charge in [-0.05, 0) is 44.5 Å². The molecule has 1 heterocycles. The minimum absolute atomic E-state index is 0.222. The fourth-order valence-electron chi connectivity index (χ4n) is 2.31. The average molecular weight is 234 g/mol. The second-order valence-electron chi connectivity index (χ2n) is 5.00. The van der Waals surface area contributed by atoms with E-state index >= 15 is 0 Å². The van der Waals surface area contributed by atoms with E-state index in [1.54, 1.807) is 0 Å². The van der Waals surface area contributed by atoms with Crippen molar-refractivity contribution in [2.24, 2.45) is 5.73 Å². The predicted molar refractivity (Wildman–Crippen MR) is 70.4 cm³/mol. The molecule has 0 aliphatic carbocycles. The SMILES string of the molecule is CC(C)Oc1ccc(C2CNCCC2N)cc1. The molecule has 1 saturated heterocycles. The lowest BCUT2D eigenvalue weighted by molar-refractivity contribution is 0.242. The summed E-state index contributed by atoms with van der Waals surface area (Å²) in [6.45, 7) is 6.08. The Kier molecular flexibility index (Phi) is 4.02. The van der Waals surface area contributed by atoms with Crippen LogP contribution in [-0.4, -0.2) is 25.2 Å². The maximum absolute atomic E-state index is 6.16. The van der Waals surface area contributed by atoms with Gasteiger partial charge in [0, 0.05) is 18.5 Å². The zero-order chi connectivity index (χ0) is 12.3. The van der Waals surface area contributed by atoms with Crippen molar-refractivity contribution in [2.75, 3.05) is 13.1 Å². The van der Waals surface area contributed by atoms with Gasteiger partial charge in [0.1, 0.15) is 5.75 Å². The summed E-state index contributed by atoms with van der Waals surface area (Å²) >= 11 is 0. The highest BCUT2D eigenvalue weighted by Crippen LogP contribution is 2.24. The van der Waals surface area contributed by atoms with Crippen molar-refractivity contribution < 1.29 is 4.74 Å². The van der Waals surface area contributed by atoms with Crippen LogP contribution < -0.4 is 15.8 Å². The molecule has 2 unspecified atom stereocenters. The minimum Gasteiger partial charge on any atom is -0.491 e. The largest absolute Gasteiger partial charge is 0.491 e. The van der Waals surface area contributed by atoms with E-state index < -0.39 is 0 Å². The average Bonchev–Trinajstić information content (AvgIpc) is 2.30. The van der Waals surface area contributed by atoms with Crippen LogP contribution >= 0.6 is 0 Å². The molecule has 3 heteroatoms. The van der Waals surface area contributed by atoms with Gasteiger partial charge in [-0.15, -0.1) is 0 Å². The standard InChI is InChI=1S/C14H22N2O/c1-10(2)17-12-5-3-11(4-6-12)13-9-16-8-7-14(13)15/h3-6,10,13-14,16H,7-9,15H2,1-2H3. The second-order valence-corrected chi connectivity index (χ2v) is 5.00. The van der Waals surface area contributed by atoms with E-state index in [0.29, 0.717) is 5.92 Å². The molecule has 1 aromatic rings. The van der Waals surface area contributed by atoms with E-state index in [9.17, 15) is 0 Å². The molecular formula is C14H22N2O. The summed E-state index contributed by atoms with van der Waals surface area (Å²) in [4.78, 5) is 0. The third-order valence-electron chi connectivity index (χ3n) is 3.22. The summed E-state index contributed by atoms with van der Waals surface area (Å²) in [5.41, 5.74) is 7.46. The number of ether oxygens (including phenoxy) is 1. The number of hydrogen-bond acceptors (Lipinski definition) is 3. The van der Waals surface area contributed by atoms with Gasteiger partial charge in [0.25, 0.3) is 0 Å². The third kappa shape index (κ3) is 3.20. The van der Waals surface area contributed by atoms with E-state index in [-0.39, 0.29) is 12.1 Å². The van der Waals surface area contributed by atoms with E-state index in [2.05, 4.69) is 17.4 Å². The summed E-state index contributed by atoms with van der Waals surface area (Å²) in [6.07, 6.45) is 1.27. The van der Waals surface area contributed by atoms with Crippen molar-refractivity contribution >= 4 is 0 Å². The molecule has 1 fully saturated rings. The molecule has 0 aromatic heterocycles. The summed E-state index contributed by atoms with van der Waals surface area (Å²) in [5.74, 6) is 1.36. The molecule has 17 heavy (non-hydrogen) atoms. The third-order valence-corrected chi connectivity index (χ3v) is 3.22. The molecule has 0 amide bonds. The Bertz CT molecular complexity index is 348. The first-order valence-corrected chi connectivity index (χ1v) is 6.39. The molecule has 1 aromatic carbocycles. The van der Waals surface area contributed by atoms with Gasteiger partial charge in [-0.2, -0.15) is 0 Å². The smallest absolute Gasteiger partial charge is 0.119 e. The Morgan fingerprint density at radius 1 is 1.29 bits per heavy atom. The zero-order valence-electron chi connectivity index (χ0n) is 10.6. The highest BCUT2D eigenvalue weighted by Gasteiger charge is 2.22. The van der Waals surface area contributed by atoms with Crippen molar-refractivity contribution in [1.82, 2.24) is 5.32 Å². The van der Waals surface area contributed by atoms with Crippen LogP contribution in [0.1, 0.15) is 31.7 Å². The summed E-state index contributed by atoms with van der Waals surface area (Å²) in [5, 5.41) is 3.40. The number of rotatable bonds is 3. The van der Waals surface area contributed by atoms with Gasteiger partial charge in [0.05, 0.1) is 6.10 Å². The minimum atomic E-state index is 0.222. The van der Waals surface area contributed by atoms with Gasteiger partial charge in [0.15, 0.2) is 0 Å². The predicted octanol–water partition coefficient (Wildman–Crippen LogP) is 1.88. The van der Waals surface area contributed by atoms with Crippen LogP contribution in [0.2, 0.25) is 0 Å². The first kappa shape index (κ1) is 12.4. The highest BCUT2D eigenvalue weighted by molar-refractivity contribution is 5.31. The van der Waals surface area contributed by atoms with Crippen LogP contribution in [0.25, 0.3) is 0 Å². The quantitative estimate of drug-likeness (QED) is 0.839. The lowest BCUT2D eigenvalue weighted by Crippen LogP contribution is -2.43. The number of hydrogen-bond donors (Lipinski definition) is 2. The molecule has 3 N–H and O–H groups in total. The molecule has 0 saturated carbocycles. The van der Waals surface area contributed by atoms with Gasteiger partial charge >= 0.3 is 0 Å². The van der Waals surface area contributed by atoms with Crippen LogP contribution in [0.3, 0.4) is 0 Å². The van der Waals surface area contributed by atoms with Crippen molar-refractivity contribution in [3.63, 3.8) is 0 Å². The maximum atomic E-state index is 6.16. The van der Waals surface area contributed by atoms with E-state index in [1.807, 2.05) is 26.0 Å². The molecule has 2 atom stereocenters. The molecule has 1 aliphatic rings. The lowest BCUT2D eigenvalue weighted by Gasteiger charge is -2.29. The molecule has 0 spiro atoms. The van der Waals surface area contributed by atoms with Gasteiger partial charge in [0.2, 0.25) is 0 Å². The number of nitrogens with two attached hydrogens (primary N) is 1. The first-order chi connectivity index (χ1) is 8.16. The Hall–Kier alpha value is -1.06. The summed E-state index contributed by atoms with van der Waals surface area (Å²) in [6, 6.07) is 8.62. The monoisotopic (exact) mass is 234 g/mol. The summed E-state index contributed by atoms with van der Waals surface area (Å²) < 4.78 is 5.64. The van der Waals surface area contributed by atoms with E-state index in [0.717, 1.165) is 25.3 Å². The van der Waals surface area contributed by atoms with Crippen molar-refractivity contribution in [3.05, 3.63) is 29.8 Å². The van der Waals surface area contributed by atoms with Gasteiger partial charge in [-0.3, -0.25) is 0 Å². The Labute approximate surface area is 103 Å². The van der Waals surface area contributed by atoms with Gasteiger partial charge < -0.3 is 15.8 Å². The number of nitrogens with one attached hydrogen (secondary N) is 1. The molecule has 94 valence electrons. The van der Waals surface area contributed by atoms with Crippen LogP contribution in [-0.2, 0) is 0 Å². The molecule has 0 radical (unpaired) electrons. The Morgan fingerprint density at radius 2 is 2.00 bits per heavy atom. The Balaban J connectivity index is 2.06. The fourth-order valence-corrected chi connectivity index (χ4v) is 2.31. The van der Waals surface area contributed by atoms with E-state index in [4.69, 9.17) is 10.5 Å². The van der Waals surface area contributed by atoms with Crippen LogP contribution in [0.15, 0.2) is 24.3 Å². The second kappa shape index (κ2) is 5.52. The lowest BCUT2D eigenvalue weighted by atomic mass is 9.87. The fraction of sp³-hybridized carbons (Fsp3) is 0.571. The highest BCUT2D eigenvalue weighted by atomic mass is 16.5. The van der Waals surface area contributed by atoms with E-state index in [1.165, 1.54) is 5.56 Å². The van der Waals surface area contributed by atoms with Crippen molar-refractivity contribution in [2.45, 2.75) is 38.3 Å². The van der Waals surface area contributed by atoms with Gasteiger partial charge in [-0.1, -0.05) is 12.1 Å². The molecule has 0 bridgehead atoms. The molecule has 3 nitrogen and oxygen atoms in total. The maximum Gasteiger partial charge on any atom is 0.119 e. The number of benzene rings is 1. The topological polar surface area (TPSA) is 47.3 Å². The molecule has 1 aliphatic heterocycles. The first-order valence-electron chi connectivity index (χ1n) is 6.39. The number of piperidine rings is 1. The zero-order valence-corrected chi connectivity index (χ0v) is 10.6. The normalized spacial score (nSPS) is 24.9. The Morgan fingerprint density at radius 3 is 2.59 bits per heavy atom. The van der Waals surface area contributed by atoms with Crippen LogP contribution in [0.5, 0.6) is 5.75 Å². The summed E-state index contributed by atoms with van der Waals surface area (Å²) in [7, 11) is 0. The van der Waals surface area contributed by atoms with Crippen molar-refractivity contribution in [1.29, 1.82) is 0 Å². The molecular weight excluding hydrogens is 212 g/mol. The molecule has 2 rings (SSSR count). The van der Waals surface area contributed by atoms with Crippen molar-refractivity contribution in [3.8, 4) is 5.75 Å².